The van der Waals surface area contributed by atoms with Crippen LogP contribution in [0.1, 0.15) is 24.8 Å². The summed E-state index contributed by atoms with van der Waals surface area (Å²) in [6.45, 7) is 3.09. The number of nitrogens with one attached hydrogen (secondary N) is 1. The highest BCUT2D eigenvalue weighted by molar-refractivity contribution is 7.99. The first-order valence-electron chi connectivity index (χ1n) is 6.49. The van der Waals surface area contributed by atoms with Crippen LogP contribution in [0, 0.1) is 0 Å². The minimum absolute atomic E-state index is 0.00328. The van der Waals surface area contributed by atoms with Gasteiger partial charge in [-0.15, -0.1) is 11.8 Å². The summed E-state index contributed by atoms with van der Waals surface area (Å²) < 4.78 is 0. The van der Waals surface area contributed by atoms with Gasteiger partial charge in [0.05, 0.1) is 6.04 Å². The molecule has 4 heteroatoms. The molecule has 96 valence electrons. The number of carbonyl (C=O) groups is 1. The van der Waals surface area contributed by atoms with E-state index in [0.717, 1.165) is 30.3 Å². The van der Waals surface area contributed by atoms with E-state index in [1.165, 1.54) is 5.56 Å². The van der Waals surface area contributed by atoms with E-state index in [2.05, 4.69) is 30.4 Å². The first kappa shape index (κ1) is 12.1. The first-order chi connectivity index (χ1) is 8.77. The van der Waals surface area contributed by atoms with E-state index in [0.29, 0.717) is 5.92 Å². The SMILES string of the molecule is CC1CCN(C(=O)C2CSCN2)c2ccccc21. The normalized spacial score (nSPS) is 27.1. The standard InChI is InChI=1S/C14H18N2OS/c1-10-6-7-16(13-5-3-2-4-11(10)13)14(17)12-8-18-9-15-12/h2-5,10,12,15H,6-9H2,1H3. The van der Waals surface area contributed by atoms with Gasteiger partial charge in [0.15, 0.2) is 0 Å². The highest BCUT2D eigenvalue weighted by Gasteiger charge is 2.32. The minimum Gasteiger partial charge on any atom is -0.311 e. The summed E-state index contributed by atoms with van der Waals surface area (Å²) in [6, 6.07) is 8.30. The molecule has 0 saturated carbocycles. The predicted molar refractivity (Wildman–Crippen MR) is 76.1 cm³/mol. The van der Waals surface area contributed by atoms with Crippen molar-refractivity contribution in [2.45, 2.75) is 25.3 Å². The molecule has 3 rings (SSSR count). The van der Waals surface area contributed by atoms with Crippen LogP contribution in [0.2, 0.25) is 0 Å². The largest absolute Gasteiger partial charge is 0.311 e. The fraction of sp³-hybridized carbons (Fsp3) is 0.500. The molecule has 1 N–H and O–H groups in total. The number of thioether (sulfide) groups is 1. The van der Waals surface area contributed by atoms with Crippen molar-refractivity contribution in [3.63, 3.8) is 0 Å². The molecule has 0 aromatic heterocycles. The number of anilines is 1. The number of carbonyl (C=O) groups excluding carboxylic acids is 1. The van der Waals surface area contributed by atoms with Gasteiger partial charge in [-0.1, -0.05) is 25.1 Å². The number of nitrogens with zero attached hydrogens (tertiary/aromatic N) is 1. The van der Waals surface area contributed by atoms with Gasteiger partial charge in [0.1, 0.15) is 0 Å². The van der Waals surface area contributed by atoms with E-state index >= 15 is 0 Å². The molecule has 1 aromatic rings. The van der Waals surface area contributed by atoms with Crippen molar-refractivity contribution in [3.8, 4) is 0 Å². The fourth-order valence-corrected chi connectivity index (χ4v) is 3.65. The second-order valence-electron chi connectivity index (χ2n) is 5.01. The molecule has 1 saturated heterocycles. The molecule has 1 aromatic carbocycles. The zero-order valence-corrected chi connectivity index (χ0v) is 11.4. The maximum Gasteiger partial charge on any atom is 0.245 e. The summed E-state index contributed by atoms with van der Waals surface area (Å²) >= 11 is 1.80. The van der Waals surface area contributed by atoms with Gasteiger partial charge in [-0.2, -0.15) is 0 Å². The lowest BCUT2D eigenvalue weighted by Crippen LogP contribution is -2.47. The molecule has 2 aliphatic rings. The van der Waals surface area contributed by atoms with Crippen LogP contribution in [0.15, 0.2) is 24.3 Å². The highest BCUT2D eigenvalue weighted by atomic mass is 32.2. The molecule has 2 atom stereocenters. The lowest BCUT2D eigenvalue weighted by atomic mass is 9.91. The molecule has 2 heterocycles. The van der Waals surface area contributed by atoms with E-state index in [-0.39, 0.29) is 11.9 Å². The Hall–Kier alpha value is -1.00. The second kappa shape index (κ2) is 4.94. The lowest BCUT2D eigenvalue weighted by Gasteiger charge is -2.34. The van der Waals surface area contributed by atoms with Gasteiger partial charge in [0.2, 0.25) is 5.91 Å². The Kier molecular flexibility index (Phi) is 3.31. The third kappa shape index (κ3) is 2.04. The van der Waals surface area contributed by atoms with Crippen LogP contribution in [0.5, 0.6) is 0 Å². The fourth-order valence-electron chi connectivity index (χ4n) is 2.72. The Balaban J connectivity index is 1.89. The Morgan fingerprint density at radius 3 is 3.06 bits per heavy atom. The maximum absolute atomic E-state index is 12.5. The summed E-state index contributed by atoms with van der Waals surface area (Å²) in [5, 5.41) is 3.27. The van der Waals surface area contributed by atoms with Crippen molar-refractivity contribution < 1.29 is 4.79 Å². The van der Waals surface area contributed by atoms with Crippen LogP contribution in [0.3, 0.4) is 0 Å². The predicted octanol–water partition coefficient (Wildman–Crippen LogP) is 2.19. The van der Waals surface area contributed by atoms with Crippen molar-refractivity contribution in [1.82, 2.24) is 5.32 Å². The third-order valence-corrected chi connectivity index (χ3v) is 4.76. The van der Waals surface area contributed by atoms with Crippen LogP contribution in [0.25, 0.3) is 0 Å². The summed E-state index contributed by atoms with van der Waals surface area (Å²) in [4.78, 5) is 14.5. The zero-order chi connectivity index (χ0) is 12.5. The van der Waals surface area contributed by atoms with Crippen LogP contribution >= 0.6 is 11.8 Å². The van der Waals surface area contributed by atoms with E-state index in [4.69, 9.17) is 0 Å². The quantitative estimate of drug-likeness (QED) is 0.842. The average molecular weight is 262 g/mol. The Labute approximate surface area is 112 Å². The second-order valence-corrected chi connectivity index (χ2v) is 6.04. The number of hydrogen-bond donors (Lipinski definition) is 1. The van der Waals surface area contributed by atoms with Gasteiger partial charge in [-0.25, -0.2) is 0 Å². The van der Waals surface area contributed by atoms with Gasteiger partial charge in [0, 0.05) is 23.9 Å². The van der Waals surface area contributed by atoms with Crippen LogP contribution in [0.4, 0.5) is 5.69 Å². The number of fused-ring (bicyclic) bond motifs is 1. The van der Waals surface area contributed by atoms with Crippen LogP contribution in [-0.4, -0.2) is 30.1 Å². The van der Waals surface area contributed by atoms with Crippen molar-refractivity contribution in [3.05, 3.63) is 29.8 Å². The number of amides is 1. The highest BCUT2D eigenvalue weighted by Crippen LogP contribution is 2.35. The lowest BCUT2D eigenvalue weighted by molar-refractivity contribution is -0.120. The smallest absolute Gasteiger partial charge is 0.245 e. The molecule has 0 radical (unpaired) electrons. The first-order valence-corrected chi connectivity index (χ1v) is 7.64. The molecule has 18 heavy (non-hydrogen) atoms. The molecular weight excluding hydrogens is 244 g/mol. The summed E-state index contributed by atoms with van der Waals surface area (Å²) in [5.41, 5.74) is 2.42. The third-order valence-electron chi connectivity index (χ3n) is 3.82. The summed E-state index contributed by atoms with van der Waals surface area (Å²) in [7, 11) is 0. The summed E-state index contributed by atoms with van der Waals surface area (Å²) in [6.07, 6.45) is 1.06. The van der Waals surface area contributed by atoms with Crippen molar-refractivity contribution in [1.29, 1.82) is 0 Å². The van der Waals surface area contributed by atoms with Gasteiger partial charge >= 0.3 is 0 Å². The van der Waals surface area contributed by atoms with Gasteiger partial charge in [-0.3, -0.25) is 10.1 Å². The summed E-state index contributed by atoms with van der Waals surface area (Å²) in [5.74, 6) is 2.57. The molecule has 3 nitrogen and oxygen atoms in total. The van der Waals surface area contributed by atoms with Gasteiger partial charge in [-0.05, 0) is 24.0 Å². The molecule has 1 fully saturated rings. The topological polar surface area (TPSA) is 32.3 Å². The number of benzene rings is 1. The minimum atomic E-state index is -0.00328. The van der Waals surface area contributed by atoms with Gasteiger partial charge < -0.3 is 4.90 Å². The molecule has 0 spiro atoms. The number of para-hydroxylation sites is 1. The maximum atomic E-state index is 12.5. The van der Waals surface area contributed by atoms with E-state index in [1.807, 2.05) is 11.0 Å². The molecule has 0 aliphatic carbocycles. The molecule has 2 unspecified atom stereocenters. The van der Waals surface area contributed by atoms with Crippen molar-refractivity contribution in [2.24, 2.45) is 0 Å². The molecule has 0 bridgehead atoms. The van der Waals surface area contributed by atoms with E-state index in [1.54, 1.807) is 11.8 Å². The molecular formula is C14H18N2OS. The number of hydrogen-bond acceptors (Lipinski definition) is 3. The van der Waals surface area contributed by atoms with E-state index < -0.39 is 0 Å². The Morgan fingerprint density at radius 1 is 1.44 bits per heavy atom. The van der Waals surface area contributed by atoms with E-state index in [9.17, 15) is 4.79 Å². The molecule has 2 aliphatic heterocycles. The van der Waals surface area contributed by atoms with Crippen LogP contribution < -0.4 is 10.2 Å². The number of rotatable bonds is 1. The Bertz CT molecular complexity index is 457. The average Bonchev–Trinajstić information content (AvgIpc) is 2.93. The van der Waals surface area contributed by atoms with Crippen molar-refractivity contribution >= 4 is 23.4 Å². The molecule has 1 amide bonds. The zero-order valence-electron chi connectivity index (χ0n) is 10.6. The van der Waals surface area contributed by atoms with Crippen LogP contribution in [-0.2, 0) is 4.79 Å². The Morgan fingerprint density at radius 2 is 2.28 bits per heavy atom. The monoisotopic (exact) mass is 262 g/mol. The van der Waals surface area contributed by atoms with Crippen molar-refractivity contribution in [2.75, 3.05) is 23.1 Å². The van der Waals surface area contributed by atoms with Gasteiger partial charge in [0.25, 0.3) is 0 Å².